The van der Waals surface area contributed by atoms with E-state index in [1.807, 2.05) is 31.2 Å². The fraction of sp³-hybridized carbons (Fsp3) is 0.407. The van der Waals surface area contributed by atoms with Crippen LogP contribution in [0.4, 0.5) is 23.1 Å². The van der Waals surface area contributed by atoms with Gasteiger partial charge < -0.3 is 25.4 Å². The highest BCUT2D eigenvalue weighted by atomic mass is 32.2. The normalized spacial score (nSPS) is 11.8. The highest BCUT2D eigenvalue weighted by Crippen LogP contribution is 2.24. The van der Waals surface area contributed by atoms with Crippen molar-refractivity contribution < 1.29 is 17.9 Å². The summed E-state index contributed by atoms with van der Waals surface area (Å²) in [5, 5.41) is 9.65. The molecule has 0 saturated carbocycles. The minimum absolute atomic E-state index is 0.167. The van der Waals surface area contributed by atoms with Crippen LogP contribution in [-0.4, -0.2) is 63.4 Å². The molecule has 0 aliphatic heterocycles. The second-order valence-electron chi connectivity index (χ2n) is 10.0. The number of hydrogen-bond donors (Lipinski definition) is 6. The highest BCUT2D eigenvalue weighted by Gasteiger charge is 2.22. The van der Waals surface area contributed by atoms with Gasteiger partial charge in [0.25, 0.3) is 0 Å². The lowest BCUT2D eigenvalue weighted by Crippen LogP contribution is -2.40. The minimum atomic E-state index is -3.67. The lowest BCUT2D eigenvalue weighted by Gasteiger charge is -2.20. The molecule has 0 atom stereocenters. The summed E-state index contributed by atoms with van der Waals surface area (Å²) in [6, 6.07) is 14.1. The average molecular weight is 573 g/mol. The molecule has 0 saturated heterocycles. The number of hydrogen-bond acceptors (Lipinski definition) is 11. The molecule has 0 fully saturated rings. The Kier molecular flexibility index (Phi) is 11.6. The van der Waals surface area contributed by atoms with Crippen molar-refractivity contribution in [2.75, 3.05) is 50.1 Å². The van der Waals surface area contributed by atoms with E-state index in [9.17, 15) is 8.42 Å². The molecule has 0 radical (unpaired) electrons. The first-order valence-electron chi connectivity index (χ1n) is 13.0. The summed E-state index contributed by atoms with van der Waals surface area (Å²) < 4.78 is 39.3. The van der Waals surface area contributed by atoms with Crippen LogP contribution in [0.25, 0.3) is 0 Å². The van der Waals surface area contributed by atoms with E-state index in [-0.39, 0.29) is 4.90 Å². The molecule has 1 aromatic heterocycles. The van der Waals surface area contributed by atoms with Gasteiger partial charge >= 0.3 is 0 Å². The Morgan fingerprint density at radius 2 is 1.65 bits per heavy atom. The third-order valence-corrected chi connectivity index (χ3v) is 7.05. The van der Waals surface area contributed by atoms with Gasteiger partial charge in [0, 0.05) is 48.3 Å². The Morgan fingerprint density at radius 1 is 0.925 bits per heavy atom. The average Bonchev–Trinajstić information content (AvgIpc) is 2.89. The number of rotatable bonds is 16. The summed E-state index contributed by atoms with van der Waals surface area (Å²) in [4.78, 5) is 9.12. The van der Waals surface area contributed by atoms with Crippen LogP contribution in [0.2, 0.25) is 0 Å². The minimum Gasteiger partial charge on any atom is -0.492 e. The topological polar surface area (TPSA) is 165 Å². The number of nitrogens with zero attached hydrogens (tertiary/aromatic N) is 2. The highest BCUT2D eigenvalue weighted by molar-refractivity contribution is 7.89. The molecule has 7 N–H and O–H groups in total. The standard InChI is InChI=1S/C27H40N8O4S/c1-20-19-30-26(33-21-8-10-23(11-9-21)39-17-13-29-12-15-38-16-14-31-28)34-25(20)32-22-6-5-7-24(18-22)40(36,37)35-27(2,3)4/h5-11,18-19,29,31,35H,12-17,28H2,1-4H3,(H2,30,32,33,34). The van der Waals surface area contributed by atoms with Crippen LogP contribution in [0.1, 0.15) is 26.3 Å². The Labute approximate surface area is 236 Å². The van der Waals surface area contributed by atoms with Crippen LogP contribution in [0.3, 0.4) is 0 Å². The van der Waals surface area contributed by atoms with Crippen LogP contribution in [0, 0.1) is 6.92 Å². The van der Waals surface area contributed by atoms with Crippen LogP contribution in [0.5, 0.6) is 5.75 Å². The van der Waals surface area contributed by atoms with Crippen molar-refractivity contribution in [3.05, 3.63) is 60.3 Å². The monoisotopic (exact) mass is 572 g/mol. The maximum Gasteiger partial charge on any atom is 0.241 e. The van der Waals surface area contributed by atoms with Crippen LogP contribution < -0.4 is 36.7 Å². The van der Waals surface area contributed by atoms with E-state index in [0.29, 0.717) is 50.4 Å². The molecule has 218 valence electrons. The van der Waals surface area contributed by atoms with Crippen molar-refractivity contribution in [3.63, 3.8) is 0 Å². The number of sulfonamides is 1. The SMILES string of the molecule is Cc1cnc(Nc2ccc(OCCNCCOCCNN)cc2)nc1Nc1cccc(S(=O)(=O)NC(C)(C)C)c1. The molecular formula is C27H40N8O4S. The third-order valence-electron chi connectivity index (χ3n) is 5.29. The van der Waals surface area contributed by atoms with Crippen LogP contribution in [0.15, 0.2) is 59.6 Å². The second-order valence-corrected chi connectivity index (χ2v) is 11.7. The maximum atomic E-state index is 12.7. The van der Waals surface area contributed by atoms with E-state index in [2.05, 4.69) is 36.1 Å². The molecule has 3 aromatic rings. The maximum absolute atomic E-state index is 12.7. The Morgan fingerprint density at radius 3 is 2.38 bits per heavy atom. The van der Waals surface area contributed by atoms with Gasteiger partial charge in [-0.3, -0.25) is 11.3 Å². The molecule has 0 bridgehead atoms. The number of anilines is 4. The van der Waals surface area contributed by atoms with Gasteiger partial charge in [-0.05, 0) is 70.2 Å². The molecule has 0 unspecified atom stereocenters. The van der Waals surface area contributed by atoms with Gasteiger partial charge in [0.05, 0.1) is 18.1 Å². The van der Waals surface area contributed by atoms with Crippen LogP contribution >= 0.6 is 0 Å². The van der Waals surface area contributed by atoms with Crippen molar-refractivity contribution >= 4 is 33.2 Å². The first-order valence-corrected chi connectivity index (χ1v) is 14.5. The number of aromatic nitrogens is 2. The molecule has 40 heavy (non-hydrogen) atoms. The number of aryl methyl sites for hydroxylation is 1. The van der Waals surface area contributed by atoms with E-state index in [0.717, 1.165) is 23.5 Å². The molecule has 0 amide bonds. The fourth-order valence-electron chi connectivity index (χ4n) is 3.48. The van der Waals surface area contributed by atoms with Crippen molar-refractivity contribution in [2.45, 2.75) is 38.1 Å². The summed E-state index contributed by atoms with van der Waals surface area (Å²) in [5.41, 5.74) is 4.15. The summed E-state index contributed by atoms with van der Waals surface area (Å²) in [6.07, 6.45) is 1.70. The predicted molar refractivity (Wildman–Crippen MR) is 158 cm³/mol. The van der Waals surface area contributed by atoms with Crippen molar-refractivity contribution in [1.29, 1.82) is 0 Å². The zero-order chi connectivity index (χ0) is 29.0. The third kappa shape index (κ3) is 10.7. The van der Waals surface area contributed by atoms with E-state index in [4.69, 9.17) is 15.3 Å². The van der Waals surface area contributed by atoms with Gasteiger partial charge in [0.1, 0.15) is 18.2 Å². The summed E-state index contributed by atoms with van der Waals surface area (Å²) >= 11 is 0. The number of nitrogens with one attached hydrogen (secondary N) is 5. The number of hydrazine groups is 1. The number of benzene rings is 2. The van der Waals surface area contributed by atoms with E-state index in [1.54, 1.807) is 51.2 Å². The van der Waals surface area contributed by atoms with E-state index in [1.165, 1.54) is 0 Å². The van der Waals surface area contributed by atoms with E-state index >= 15 is 0 Å². The first-order chi connectivity index (χ1) is 19.1. The molecule has 0 spiro atoms. The molecule has 3 rings (SSSR count). The van der Waals surface area contributed by atoms with E-state index < -0.39 is 15.6 Å². The molecule has 13 heteroatoms. The Bertz CT molecular complexity index is 1310. The van der Waals surface area contributed by atoms with Gasteiger partial charge in [0.15, 0.2) is 0 Å². The molecule has 1 heterocycles. The molecular weight excluding hydrogens is 532 g/mol. The summed E-state index contributed by atoms with van der Waals surface area (Å²) in [5.74, 6) is 6.89. The molecule has 0 aliphatic rings. The first kappa shape index (κ1) is 31.2. The zero-order valence-electron chi connectivity index (χ0n) is 23.5. The van der Waals surface area contributed by atoms with Gasteiger partial charge in [-0.2, -0.15) is 4.98 Å². The predicted octanol–water partition coefficient (Wildman–Crippen LogP) is 2.80. The summed E-state index contributed by atoms with van der Waals surface area (Å²) in [7, 11) is -3.67. The van der Waals surface area contributed by atoms with Crippen molar-refractivity contribution in [2.24, 2.45) is 5.84 Å². The van der Waals surface area contributed by atoms with Crippen molar-refractivity contribution in [3.8, 4) is 5.75 Å². The molecule has 0 aliphatic carbocycles. The Hall–Kier alpha value is -3.33. The molecule has 2 aromatic carbocycles. The van der Waals surface area contributed by atoms with Gasteiger partial charge in [-0.25, -0.2) is 18.1 Å². The largest absolute Gasteiger partial charge is 0.492 e. The molecule has 12 nitrogen and oxygen atoms in total. The van der Waals surface area contributed by atoms with Crippen molar-refractivity contribution in [1.82, 2.24) is 25.4 Å². The number of nitrogens with two attached hydrogens (primary N) is 1. The number of ether oxygens (including phenoxy) is 2. The summed E-state index contributed by atoms with van der Waals surface area (Å²) in [6.45, 7) is 11.1. The van der Waals surface area contributed by atoms with Gasteiger partial charge in [-0.1, -0.05) is 6.07 Å². The Balaban J connectivity index is 1.54. The fourth-order valence-corrected chi connectivity index (χ4v) is 4.94. The second kappa shape index (κ2) is 14.9. The lowest BCUT2D eigenvalue weighted by molar-refractivity contribution is 0.137. The van der Waals surface area contributed by atoms with Gasteiger partial charge in [-0.15, -0.1) is 0 Å². The smallest absolute Gasteiger partial charge is 0.241 e. The zero-order valence-corrected chi connectivity index (χ0v) is 24.3. The van der Waals surface area contributed by atoms with Gasteiger partial charge in [0.2, 0.25) is 16.0 Å². The lowest BCUT2D eigenvalue weighted by atomic mass is 10.1. The quantitative estimate of drug-likeness (QED) is 0.0849. The van der Waals surface area contributed by atoms with Crippen LogP contribution in [-0.2, 0) is 14.8 Å².